The minimum atomic E-state index is -4.43. The van der Waals surface area contributed by atoms with Gasteiger partial charge in [-0.05, 0) is 6.92 Å². The van der Waals surface area contributed by atoms with Crippen molar-refractivity contribution in [1.29, 1.82) is 0 Å². The molecule has 0 unspecified atom stereocenters. The molecule has 0 aliphatic rings. The van der Waals surface area contributed by atoms with Crippen LogP contribution in [0.5, 0.6) is 0 Å². The lowest BCUT2D eigenvalue weighted by molar-refractivity contribution is -0.141. The fourth-order valence-electron chi connectivity index (χ4n) is 0.950. The van der Waals surface area contributed by atoms with Crippen LogP contribution in [0.4, 0.5) is 13.2 Å². The highest BCUT2D eigenvalue weighted by Crippen LogP contribution is 2.20. The molecule has 0 aliphatic heterocycles. The molecular weight excluding hydrogens is 257 g/mol. The van der Waals surface area contributed by atoms with Crippen LogP contribution in [0, 0.1) is 6.92 Å². The molecule has 1 rings (SSSR count). The van der Waals surface area contributed by atoms with Crippen molar-refractivity contribution in [2.75, 3.05) is 0 Å². The summed E-state index contributed by atoms with van der Waals surface area (Å²) < 4.78 is 58.2. The first kappa shape index (κ1) is 12.3. The zero-order valence-corrected chi connectivity index (χ0v) is 8.99. The summed E-state index contributed by atoms with van der Waals surface area (Å²) in [6.07, 6.45) is -3.68. The van der Waals surface area contributed by atoms with Crippen molar-refractivity contribution >= 4 is 19.7 Å². The standard InChI is InChI=1S/C6H6ClF3N2O2S/c1-4-11-5(15(7,13)14)2-12(4)3-6(8,9)10/h2H,3H2,1H3. The Labute approximate surface area is 88.1 Å². The normalized spacial score (nSPS) is 13.1. The molecule has 0 N–H and O–H groups in total. The number of halogens is 4. The Morgan fingerprint density at radius 3 is 2.40 bits per heavy atom. The van der Waals surface area contributed by atoms with E-state index in [9.17, 15) is 21.6 Å². The number of rotatable bonds is 2. The molecule has 15 heavy (non-hydrogen) atoms. The summed E-state index contributed by atoms with van der Waals surface area (Å²) in [5, 5.41) is -0.578. The monoisotopic (exact) mass is 262 g/mol. The predicted octanol–water partition coefficient (Wildman–Crippen LogP) is 1.68. The Morgan fingerprint density at radius 1 is 1.53 bits per heavy atom. The molecule has 1 aromatic rings. The van der Waals surface area contributed by atoms with E-state index in [2.05, 4.69) is 4.98 Å². The highest BCUT2D eigenvalue weighted by molar-refractivity contribution is 8.13. The molecule has 0 spiro atoms. The van der Waals surface area contributed by atoms with Crippen molar-refractivity contribution in [1.82, 2.24) is 9.55 Å². The second kappa shape index (κ2) is 3.67. The number of alkyl halides is 3. The van der Waals surface area contributed by atoms with Crippen LogP contribution in [0.1, 0.15) is 5.82 Å². The number of imidazole rings is 1. The van der Waals surface area contributed by atoms with Gasteiger partial charge in [0.2, 0.25) is 0 Å². The number of aryl methyl sites for hydroxylation is 1. The Morgan fingerprint density at radius 2 is 2.07 bits per heavy atom. The molecule has 86 valence electrons. The largest absolute Gasteiger partial charge is 0.406 e. The number of aromatic nitrogens is 2. The van der Waals surface area contributed by atoms with Crippen LogP contribution < -0.4 is 0 Å². The van der Waals surface area contributed by atoms with Gasteiger partial charge in [-0.15, -0.1) is 0 Å². The van der Waals surface area contributed by atoms with E-state index in [-0.39, 0.29) is 5.82 Å². The van der Waals surface area contributed by atoms with Gasteiger partial charge in [0.15, 0.2) is 5.03 Å². The van der Waals surface area contributed by atoms with Gasteiger partial charge in [-0.2, -0.15) is 13.2 Å². The van der Waals surface area contributed by atoms with Crippen LogP contribution in [0.25, 0.3) is 0 Å². The lowest BCUT2D eigenvalue weighted by Crippen LogP contribution is -2.17. The van der Waals surface area contributed by atoms with Gasteiger partial charge in [0.25, 0.3) is 9.05 Å². The second-order valence-corrected chi connectivity index (χ2v) is 5.32. The summed E-state index contributed by atoms with van der Waals surface area (Å²) in [6.45, 7) is -0.0322. The van der Waals surface area contributed by atoms with Crippen molar-refractivity contribution in [3.8, 4) is 0 Å². The quantitative estimate of drug-likeness (QED) is 0.762. The van der Waals surface area contributed by atoms with Crippen molar-refractivity contribution < 1.29 is 21.6 Å². The average Bonchev–Trinajstić information content (AvgIpc) is 2.27. The maximum Gasteiger partial charge on any atom is 0.406 e. The zero-order valence-electron chi connectivity index (χ0n) is 7.42. The third kappa shape index (κ3) is 3.38. The van der Waals surface area contributed by atoms with E-state index >= 15 is 0 Å². The molecule has 0 aliphatic carbocycles. The first-order valence-electron chi connectivity index (χ1n) is 3.65. The third-order valence-electron chi connectivity index (χ3n) is 1.55. The van der Waals surface area contributed by atoms with E-state index in [0.29, 0.717) is 4.57 Å². The molecule has 0 aromatic carbocycles. The smallest absolute Gasteiger partial charge is 0.325 e. The second-order valence-electron chi connectivity index (χ2n) is 2.81. The molecule has 1 aromatic heterocycles. The van der Waals surface area contributed by atoms with E-state index in [1.54, 1.807) is 0 Å². The topological polar surface area (TPSA) is 52.0 Å². The van der Waals surface area contributed by atoms with Gasteiger partial charge in [0, 0.05) is 16.9 Å². The molecule has 0 atom stereocenters. The van der Waals surface area contributed by atoms with Gasteiger partial charge in [-0.25, -0.2) is 13.4 Å². The molecule has 0 radical (unpaired) electrons. The predicted molar refractivity (Wildman–Crippen MR) is 46.1 cm³/mol. The SMILES string of the molecule is Cc1nc(S(=O)(=O)Cl)cn1CC(F)(F)F. The molecule has 0 bridgehead atoms. The van der Waals surface area contributed by atoms with Crippen molar-refractivity contribution in [2.45, 2.75) is 24.7 Å². The summed E-state index contributed by atoms with van der Waals surface area (Å²) in [5.41, 5.74) is 0. The maximum atomic E-state index is 12.0. The Hall–Kier alpha value is -0.760. The average molecular weight is 263 g/mol. The van der Waals surface area contributed by atoms with Gasteiger partial charge in [-0.1, -0.05) is 0 Å². The van der Waals surface area contributed by atoms with E-state index in [0.717, 1.165) is 6.20 Å². The fraction of sp³-hybridized carbons (Fsp3) is 0.500. The van der Waals surface area contributed by atoms with Gasteiger partial charge < -0.3 is 4.57 Å². The number of hydrogen-bond acceptors (Lipinski definition) is 3. The van der Waals surface area contributed by atoms with Crippen LogP contribution in [0.15, 0.2) is 11.2 Å². The minimum Gasteiger partial charge on any atom is -0.325 e. The van der Waals surface area contributed by atoms with Crippen molar-refractivity contribution in [3.05, 3.63) is 12.0 Å². The van der Waals surface area contributed by atoms with Crippen LogP contribution in [0.2, 0.25) is 0 Å². The number of hydrogen-bond donors (Lipinski definition) is 0. The van der Waals surface area contributed by atoms with E-state index < -0.39 is 26.8 Å². The lowest BCUT2D eigenvalue weighted by Gasteiger charge is -2.07. The molecule has 1 heterocycles. The van der Waals surface area contributed by atoms with E-state index in [1.807, 2.05) is 0 Å². The lowest BCUT2D eigenvalue weighted by atomic mass is 10.6. The first-order valence-corrected chi connectivity index (χ1v) is 5.96. The summed E-state index contributed by atoms with van der Waals surface area (Å²) in [7, 11) is 0.843. The summed E-state index contributed by atoms with van der Waals surface area (Å²) >= 11 is 0. The zero-order chi connectivity index (χ0) is 11.9. The number of nitrogens with zero attached hydrogens (tertiary/aromatic N) is 2. The van der Waals surface area contributed by atoms with Crippen LogP contribution in [-0.4, -0.2) is 24.1 Å². The summed E-state index contributed by atoms with van der Waals surface area (Å²) in [6, 6.07) is 0. The summed E-state index contributed by atoms with van der Waals surface area (Å²) in [5.74, 6) is -0.0634. The van der Waals surface area contributed by atoms with Crippen LogP contribution in [0.3, 0.4) is 0 Å². The molecular formula is C6H6ClF3N2O2S. The molecule has 0 saturated carbocycles. The van der Waals surface area contributed by atoms with E-state index in [4.69, 9.17) is 10.7 Å². The molecule has 4 nitrogen and oxygen atoms in total. The highest BCUT2D eigenvalue weighted by atomic mass is 35.7. The molecule has 9 heteroatoms. The third-order valence-corrected chi connectivity index (χ3v) is 2.72. The summed E-state index contributed by atoms with van der Waals surface area (Å²) in [4.78, 5) is 3.41. The Bertz CT molecular complexity index is 465. The van der Waals surface area contributed by atoms with E-state index in [1.165, 1.54) is 6.92 Å². The molecule has 0 fully saturated rings. The van der Waals surface area contributed by atoms with Gasteiger partial charge in [-0.3, -0.25) is 0 Å². The van der Waals surface area contributed by atoms with Crippen LogP contribution in [-0.2, 0) is 15.6 Å². The maximum absolute atomic E-state index is 12.0. The van der Waals surface area contributed by atoms with Gasteiger partial charge in [0.1, 0.15) is 12.4 Å². The van der Waals surface area contributed by atoms with Gasteiger partial charge in [0.05, 0.1) is 0 Å². The molecule has 0 amide bonds. The Balaban J connectivity index is 3.08. The van der Waals surface area contributed by atoms with Crippen molar-refractivity contribution in [2.24, 2.45) is 0 Å². The molecule has 0 saturated heterocycles. The highest BCUT2D eigenvalue weighted by Gasteiger charge is 2.29. The fourth-order valence-corrected chi connectivity index (χ4v) is 1.67. The van der Waals surface area contributed by atoms with Gasteiger partial charge >= 0.3 is 6.18 Å². The van der Waals surface area contributed by atoms with Crippen molar-refractivity contribution in [3.63, 3.8) is 0 Å². The van der Waals surface area contributed by atoms with Crippen LogP contribution >= 0.6 is 10.7 Å². The first-order chi connectivity index (χ1) is 6.59. The Kier molecular flexibility index (Phi) is 3.01. The minimum absolute atomic E-state index is 0.0634.